The molecule has 1 unspecified atom stereocenters. The molecule has 1 heterocycles. The molecule has 8 heteroatoms. The van der Waals surface area contributed by atoms with Crippen molar-refractivity contribution in [1.82, 2.24) is 15.6 Å². The molecule has 7 nitrogen and oxygen atoms in total. The molecule has 0 radical (unpaired) electrons. The van der Waals surface area contributed by atoms with Gasteiger partial charge < -0.3 is 20.4 Å². The maximum atomic E-state index is 11.4. The number of hydrogen-bond donors (Lipinski definition) is 3. The van der Waals surface area contributed by atoms with Gasteiger partial charge >= 0.3 is 10.8 Å². The van der Waals surface area contributed by atoms with Crippen LogP contribution in [0.3, 0.4) is 0 Å². The summed E-state index contributed by atoms with van der Waals surface area (Å²) in [5.41, 5.74) is 0.733. The molecule has 1 rings (SSSR count). The Morgan fingerprint density at radius 2 is 2.28 bits per heavy atom. The van der Waals surface area contributed by atoms with Crippen LogP contribution in [0.4, 0.5) is 0 Å². The van der Waals surface area contributed by atoms with E-state index in [9.17, 15) is 14.4 Å². The number of esters is 1. The van der Waals surface area contributed by atoms with Crippen molar-refractivity contribution in [2.75, 3.05) is 13.7 Å². The summed E-state index contributed by atoms with van der Waals surface area (Å²) in [5.74, 6) is -0.826. The minimum atomic E-state index is -0.738. The average molecular weight is 273 g/mol. The van der Waals surface area contributed by atoms with Gasteiger partial charge in [0.15, 0.2) is 0 Å². The van der Waals surface area contributed by atoms with Gasteiger partial charge in [0.25, 0.3) is 0 Å². The Kier molecular flexibility index (Phi) is 5.53. The van der Waals surface area contributed by atoms with Gasteiger partial charge in [0.05, 0.1) is 7.11 Å². The van der Waals surface area contributed by atoms with Gasteiger partial charge in [-0.2, -0.15) is 0 Å². The fraction of sp³-hybridized carbons (Fsp3) is 0.500. The highest BCUT2D eigenvalue weighted by molar-refractivity contribution is 7.07. The van der Waals surface area contributed by atoms with Crippen LogP contribution in [0.1, 0.15) is 12.6 Å². The molecule has 1 amide bonds. The van der Waals surface area contributed by atoms with Crippen molar-refractivity contribution in [2.45, 2.75) is 19.5 Å². The zero-order valence-electron chi connectivity index (χ0n) is 10.1. The van der Waals surface area contributed by atoms with Gasteiger partial charge in [0, 0.05) is 31.1 Å². The van der Waals surface area contributed by atoms with Crippen molar-refractivity contribution < 1.29 is 14.3 Å². The van der Waals surface area contributed by atoms with E-state index in [2.05, 4.69) is 20.4 Å². The van der Waals surface area contributed by atoms with Gasteiger partial charge in [-0.3, -0.25) is 9.59 Å². The number of rotatable bonds is 6. The largest absolute Gasteiger partial charge is 0.467 e. The Balaban J connectivity index is 2.44. The SMILES string of the molecule is COC(=O)C(CNCc1csc(=O)[nH]1)NC(C)=O. The number of aromatic amines is 1. The number of ether oxygens (including phenoxy) is 1. The van der Waals surface area contributed by atoms with Gasteiger partial charge in [-0.15, -0.1) is 0 Å². The molecule has 1 atom stereocenters. The van der Waals surface area contributed by atoms with E-state index in [1.807, 2.05) is 0 Å². The summed E-state index contributed by atoms with van der Waals surface area (Å²) in [7, 11) is 1.26. The van der Waals surface area contributed by atoms with E-state index in [0.717, 1.165) is 17.0 Å². The van der Waals surface area contributed by atoms with Crippen molar-refractivity contribution in [1.29, 1.82) is 0 Å². The zero-order valence-corrected chi connectivity index (χ0v) is 10.9. The van der Waals surface area contributed by atoms with E-state index < -0.39 is 12.0 Å². The van der Waals surface area contributed by atoms with Gasteiger partial charge in [-0.1, -0.05) is 11.3 Å². The topological polar surface area (TPSA) is 100 Å². The molecule has 0 fully saturated rings. The van der Waals surface area contributed by atoms with E-state index >= 15 is 0 Å². The maximum Gasteiger partial charge on any atom is 0.329 e. The third kappa shape index (κ3) is 4.68. The van der Waals surface area contributed by atoms with Gasteiger partial charge in [0.2, 0.25) is 5.91 Å². The molecule has 0 saturated carbocycles. The Morgan fingerprint density at radius 1 is 1.56 bits per heavy atom. The molecule has 0 aliphatic heterocycles. The molecule has 0 bridgehead atoms. The van der Waals surface area contributed by atoms with Gasteiger partial charge in [-0.25, -0.2) is 4.79 Å². The highest BCUT2D eigenvalue weighted by Crippen LogP contribution is 1.95. The number of H-pyrrole nitrogens is 1. The first-order valence-corrected chi connectivity index (χ1v) is 6.13. The molecule has 1 aromatic heterocycles. The monoisotopic (exact) mass is 273 g/mol. The number of methoxy groups -OCH3 is 1. The summed E-state index contributed by atoms with van der Waals surface area (Å²) < 4.78 is 4.57. The first-order valence-electron chi connectivity index (χ1n) is 5.25. The van der Waals surface area contributed by atoms with E-state index in [0.29, 0.717) is 6.54 Å². The Bertz CT molecular complexity index is 468. The standard InChI is InChI=1S/C10H15N3O4S/c1-6(14)12-8(9(15)17-2)4-11-3-7-5-18-10(16)13-7/h5,8,11H,3-4H2,1-2H3,(H,12,14)(H,13,16). The summed E-state index contributed by atoms with van der Waals surface area (Å²) in [6, 6.07) is -0.738. The quantitative estimate of drug-likeness (QED) is 0.589. The van der Waals surface area contributed by atoms with Crippen molar-refractivity contribution in [3.8, 4) is 0 Å². The molecule has 0 aliphatic rings. The van der Waals surface area contributed by atoms with Gasteiger partial charge in [-0.05, 0) is 0 Å². The first-order chi connectivity index (χ1) is 8.52. The van der Waals surface area contributed by atoms with Crippen LogP contribution in [0, 0.1) is 0 Å². The molecule has 100 valence electrons. The second-order valence-corrected chi connectivity index (χ2v) is 4.42. The smallest absolute Gasteiger partial charge is 0.329 e. The van der Waals surface area contributed by atoms with Crippen LogP contribution < -0.4 is 15.5 Å². The minimum Gasteiger partial charge on any atom is -0.467 e. The van der Waals surface area contributed by atoms with E-state index in [-0.39, 0.29) is 17.3 Å². The van der Waals surface area contributed by atoms with Crippen LogP contribution in [0.25, 0.3) is 0 Å². The number of amides is 1. The molecule has 0 spiro atoms. The van der Waals surface area contributed by atoms with Crippen molar-refractivity contribution >= 4 is 23.2 Å². The van der Waals surface area contributed by atoms with Gasteiger partial charge in [0.1, 0.15) is 6.04 Å². The molecule has 0 aromatic carbocycles. The molecule has 0 aliphatic carbocycles. The van der Waals surface area contributed by atoms with Crippen LogP contribution in [-0.4, -0.2) is 36.6 Å². The number of aromatic nitrogens is 1. The van der Waals surface area contributed by atoms with Crippen LogP contribution in [0.5, 0.6) is 0 Å². The zero-order chi connectivity index (χ0) is 13.5. The van der Waals surface area contributed by atoms with Crippen LogP contribution in [-0.2, 0) is 20.9 Å². The van der Waals surface area contributed by atoms with Crippen LogP contribution >= 0.6 is 11.3 Å². The fourth-order valence-electron chi connectivity index (χ4n) is 1.33. The third-order valence-corrected chi connectivity index (χ3v) is 2.82. The number of hydrogen-bond acceptors (Lipinski definition) is 6. The van der Waals surface area contributed by atoms with Crippen molar-refractivity contribution in [2.24, 2.45) is 0 Å². The molecule has 18 heavy (non-hydrogen) atoms. The normalized spacial score (nSPS) is 11.9. The Morgan fingerprint density at radius 3 is 2.78 bits per heavy atom. The minimum absolute atomic E-state index is 0.127. The second kappa shape index (κ2) is 6.92. The van der Waals surface area contributed by atoms with Crippen molar-refractivity contribution in [3.63, 3.8) is 0 Å². The molecular formula is C10H15N3O4S. The van der Waals surface area contributed by atoms with Crippen molar-refractivity contribution in [3.05, 3.63) is 20.7 Å². The number of nitrogens with one attached hydrogen (secondary N) is 3. The first kappa shape index (κ1) is 14.4. The van der Waals surface area contributed by atoms with E-state index in [1.165, 1.54) is 14.0 Å². The third-order valence-electron chi connectivity index (χ3n) is 2.10. The number of carbonyl (C=O) groups excluding carboxylic acids is 2. The molecular weight excluding hydrogens is 258 g/mol. The van der Waals surface area contributed by atoms with Crippen LogP contribution in [0.2, 0.25) is 0 Å². The summed E-state index contributed by atoms with van der Waals surface area (Å²) in [6.07, 6.45) is 0. The summed E-state index contributed by atoms with van der Waals surface area (Å²) in [5, 5.41) is 7.13. The van der Waals surface area contributed by atoms with Crippen LogP contribution in [0.15, 0.2) is 10.2 Å². The maximum absolute atomic E-state index is 11.4. The average Bonchev–Trinajstić information content (AvgIpc) is 2.72. The lowest BCUT2D eigenvalue weighted by atomic mass is 10.3. The van der Waals surface area contributed by atoms with E-state index in [4.69, 9.17) is 0 Å². The fourth-order valence-corrected chi connectivity index (χ4v) is 1.91. The van der Waals surface area contributed by atoms with E-state index in [1.54, 1.807) is 5.38 Å². The number of thiazole rings is 1. The second-order valence-electron chi connectivity index (χ2n) is 3.58. The predicted molar refractivity (Wildman–Crippen MR) is 66.3 cm³/mol. The lowest BCUT2D eigenvalue weighted by Crippen LogP contribution is -2.47. The summed E-state index contributed by atoms with van der Waals surface area (Å²) in [6.45, 7) is 1.96. The lowest BCUT2D eigenvalue weighted by Gasteiger charge is -2.15. The molecule has 3 N–H and O–H groups in total. The summed E-state index contributed by atoms with van der Waals surface area (Å²) in [4.78, 5) is 35.7. The molecule has 1 aromatic rings. The Hall–Kier alpha value is -1.67. The highest BCUT2D eigenvalue weighted by atomic mass is 32.1. The highest BCUT2D eigenvalue weighted by Gasteiger charge is 2.19. The number of carbonyl (C=O) groups is 2. The Labute approximate surface area is 108 Å². The lowest BCUT2D eigenvalue weighted by molar-refractivity contribution is -0.144. The summed E-state index contributed by atoms with van der Waals surface area (Å²) >= 11 is 1.07. The molecule has 0 saturated heterocycles. The predicted octanol–water partition coefficient (Wildman–Crippen LogP) is -0.796.